The first-order valence-electron chi connectivity index (χ1n) is 23.0. The van der Waals surface area contributed by atoms with Crippen molar-refractivity contribution in [3.63, 3.8) is 0 Å². The molecule has 6 rings (SSSR count). The molecule has 2 aliphatic carbocycles. The van der Waals surface area contributed by atoms with Crippen LogP contribution in [0.2, 0.25) is 10.0 Å². The number of likely N-dealkylation sites (N-methyl/N-ethyl adjacent to an activating group) is 2. The van der Waals surface area contributed by atoms with Gasteiger partial charge < -0.3 is 31.1 Å². The summed E-state index contributed by atoms with van der Waals surface area (Å²) >= 11 is 12.4. The number of benzene rings is 3. The van der Waals surface area contributed by atoms with Gasteiger partial charge in [0, 0.05) is 71.6 Å². The molecule has 4 amide bonds. The molecule has 0 spiro atoms. The van der Waals surface area contributed by atoms with E-state index < -0.39 is 0 Å². The van der Waals surface area contributed by atoms with Crippen LogP contribution in [0.3, 0.4) is 0 Å². The fraction of sp³-hybridized carbons (Fsp3) is 0.481. The van der Waals surface area contributed by atoms with E-state index in [-0.39, 0.29) is 72.5 Å². The molecule has 0 bridgehead atoms. The van der Waals surface area contributed by atoms with Crippen LogP contribution < -0.4 is 21.3 Å². The molecule has 0 radical (unpaired) electrons. The molecule has 0 atom stereocenters. The van der Waals surface area contributed by atoms with Crippen molar-refractivity contribution >= 4 is 46.8 Å². The third kappa shape index (κ3) is 16.5. The molecule has 4 aromatic rings. The second kappa shape index (κ2) is 25.2. The van der Waals surface area contributed by atoms with Crippen molar-refractivity contribution in [3.8, 4) is 0 Å². The zero-order valence-electron chi connectivity index (χ0n) is 38.9. The minimum absolute atomic E-state index is 0.0433. The molecule has 0 aliphatic heterocycles. The molecule has 13 heteroatoms. The molecule has 0 unspecified atom stereocenters. The fourth-order valence-electron chi connectivity index (χ4n) is 9.14. The average Bonchev–Trinajstić information content (AvgIpc) is 3.28. The van der Waals surface area contributed by atoms with E-state index in [9.17, 15) is 19.2 Å². The predicted octanol–water partition coefficient (Wildman–Crippen LogP) is 8.38. The lowest BCUT2D eigenvalue weighted by atomic mass is 9.75. The minimum atomic E-state index is -0.136. The van der Waals surface area contributed by atoms with Crippen LogP contribution in [0.25, 0.3) is 0 Å². The van der Waals surface area contributed by atoms with Gasteiger partial charge in [0.2, 0.25) is 23.6 Å². The highest BCUT2D eigenvalue weighted by atomic mass is 35.5. The molecule has 11 nitrogen and oxygen atoms in total. The van der Waals surface area contributed by atoms with Crippen molar-refractivity contribution in [2.45, 2.75) is 133 Å². The van der Waals surface area contributed by atoms with Crippen molar-refractivity contribution in [3.05, 3.63) is 135 Å². The molecule has 1 aromatic heterocycles. The Morgan fingerprint density at radius 1 is 0.585 bits per heavy atom. The van der Waals surface area contributed by atoms with Crippen molar-refractivity contribution in [1.82, 2.24) is 36.1 Å². The highest BCUT2D eigenvalue weighted by molar-refractivity contribution is 6.30. The summed E-state index contributed by atoms with van der Waals surface area (Å²) in [6.07, 6.45) is 12.1. The van der Waals surface area contributed by atoms with Crippen LogP contribution in [-0.4, -0.2) is 89.8 Å². The highest BCUT2D eigenvalue weighted by Crippen LogP contribution is 2.37. The largest absolute Gasteiger partial charge is 0.353 e. The Hall–Kier alpha value is -4.81. The number of hydrogen-bond acceptors (Lipinski definition) is 7. The number of carbonyl (C=O) groups excluding carboxylic acids is 4. The molecule has 1 heterocycles. The van der Waals surface area contributed by atoms with Gasteiger partial charge in [0.1, 0.15) is 0 Å². The fourth-order valence-corrected chi connectivity index (χ4v) is 9.57. The van der Waals surface area contributed by atoms with E-state index in [1.165, 1.54) is 11.1 Å². The average molecular weight is 927 g/mol. The Morgan fingerprint density at radius 3 is 1.46 bits per heavy atom. The first-order valence-corrected chi connectivity index (χ1v) is 23.8. The van der Waals surface area contributed by atoms with E-state index in [0.717, 1.165) is 91.1 Å². The Bertz CT molecular complexity index is 2150. The lowest BCUT2D eigenvalue weighted by Gasteiger charge is -2.45. The molecular weight excluding hydrogens is 858 g/mol. The monoisotopic (exact) mass is 925 g/mol. The molecule has 2 fully saturated rings. The van der Waals surface area contributed by atoms with Gasteiger partial charge >= 0.3 is 0 Å². The first-order chi connectivity index (χ1) is 31.1. The number of nitrogens with one attached hydrogen (secondary N) is 4. The standard InChI is InChI=1S/C27H36ClN3O2.C25H33ClN4O2/c1-20-7-4-5-9-22(20)19-29-25(32)11-12-26(33)30-24-13-15-27(16-14-24,31(2)3)18-21-8-6-10-23(28)17-21;1-30(2)25(17-19-6-5-7-20(26)16-19)13-11-21(12-14-25)29-24(32)10-9-23(31)28-18-22-8-3-4-15-27-22/h4-10,17,24H,11-16,18-19H2,1-3H3,(H,29,32)(H,30,33);3-8,15-16,21H,9-14,17-18H2,1-2H3,(H,28,31)(H,29,32). The maximum Gasteiger partial charge on any atom is 0.220 e. The van der Waals surface area contributed by atoms with E-state index in [2.05, 4.69) is 76.4 Å². The lowest BCUT2D eigenvalue weighted by molar-refractivity contribution is -0.127. The third-order valence-corrected chi connectivity index (χ3v) is 13.9. The van der Waals surface area contributed by atoms with Gasteiger partial charge in [-0.1, -0.05) is 77.8 Å². The van der Waals surface area contributed by atoms with Gasteiger partial charge in [-0.2, -0.15) is 0 Å². The molecule has 65 heavy (non-hydrogen) atoms. The second-order valence-electron chi connectivity index (χ2n) is 18.3. The molecule has 4 N–H and O–H groups in total. The van der Waals surface area contributed by atoms with Crippen LogP contribution in [-0.2, 0) is 45.1 Å². The van der Waals surface area contributed by atoms with E-state index >= 15 is 0 Å². The molecule has 350 valence electrons. The van der Waals surface area contributed by atoms with E-state index in [4.69, 9.17) is 23.2 Å². The van der Waals surface area contributed by atoms with Gasteiger partial charge in [0.05, 0.1) is 12.2 Å². The van der Waals surface area contributed by atoms with Crippen molar-refractivity contribution in [2.75, 3.05) is 28.2 Å². The number of nitrogens with zero attached hydrogens (tertiary/aromatic N) is 3. The number of aryl methyl sites for hydroxylation is 1. The molecule has 2 saturated carbocycles. The van der Waals surface area contributed by atoms with Gasteiger partial charge in [0.25, 0.3) is 0 Å². The molecule has 3 aromatic carbocycles. The van der Waals surface area contributed by atoms with E-state index in [1.54, 1.807) is 6.20 Å². The summed E-state index contributed by atoms with van der Waals surface area (Å²) in [6.45, 7) is 2.90. The third-order valence-electron chi connectivity index (χ3n) is 13.4. The Kier molecular flexibility index (Phi) is 19.8. The van der Waals surface area contributed by atoms with Gasteiger partial charge in [-0.05, 0) is 158 Å². The number of amides is 4. The van der Waals surface area contributed by atoms with Crippen LogP contribution in [0.4, 0.5) is 0 Å². The van der Waals surface area contributed by atoms with E-state index in [1.807, 2.05) is 85.8 Å². The van der Waals surface area contributed by atoms with Gasteiger partial charge in [0.15, 0.2) is 0 Å². The summed E-state index contributed by atoms with van der Waals surface area (Å²) in [6, 6.07) is 30.0. The van der Waals surface area contributed by atoms with Gasteiger partial charge in [-0.3, -0.25) is 24.2 Å². The van der Waals surface area contributed by atoms with Crippen LogP contribution in [0.1, 0.15) is 105 Å². The lowest BCUT2D eigenvalue weighted by Crippen LogP contribution is -2.52. The topological polar surface area (TPSA) is 136 Å². The van der Waals surface area contributed by atoms with Crippen molar-refractivity contribution in [1.29, 1.82) is 0 Å². The number of halogens is 2. The second-order valence-corrected chi connectivity index (χ2v) is 19.2. The van der Waals surface area contributed by atoms with Crippen LogP contribution >= 0.6 is 23.2 Å². The maximum atomic E-state index is 12.5. The minimum Gasteiger partial charge on any atom is -0.353 e. The van der Waals surface area contributed by atoms with Crippen LogP contribution in [0.5, 0.6) is 0 Å². The summed E-state index contributed by atoms with van der Waals surface area (Å²) < 4.78 is 0. The first kappa shape index (κ1) is 51.2. The van der Waals surface area contributed by atoms with Crippen LogP contribution in [0.15, 0.2) is 97.2 Å². The molecule has 2 aliphatic rings. The highest BCUT2D eigenvalue weighted by Gasteiger charge is 2.39. The SMILES string of the molecule is CN(C)C1(Cc2cccc(Cl)c2)CCC(NC(=O)CCC(=O)NCc2ccccn2)CC1.Cc1ccccc1CNC(=O)CCC(=O)NC1CCC(Cc2cccc(Cl)c2)(N(C)C)CC1. The molecular formula is C52H69Cl2N7O4. The Morgan fingerprint density at radius 2 is 1.03 bits per heavy atom. The normalized spacial score (nSPS) is 20.6. The number of rotatable bonds is 18. The van der Waals surface area contributed by atoms with Crippen molar-refractivity contribution in [2.24, 2.45) is 0 Å². The number of carbonyl (C=O) groups is 4. The summed E-state index contributed by atoms with van der Waals surface area (Å²) in [5.41, 5.74) is 5.67. The van der Waals surface area contributed by atoms with E-state index in [0.29, 0.717) is 13.1 Å². The zero-order chi connectivity index (χ0) is 46.8. The van der Waals surface area contributed by atoms with Crippen molar-refractivity contribution < 1.29 is 19.2 Å². The smallest absolute Gasteiger partial charge is 0.220 e. The number of pyridine rings is 1. The maximum absolute atomic E-state index is 12.5. The summed E-state index contributed by atoms with van der Waals surface area (Å²) in [5, 5.41) is 13.5. The quantitative estimate of drug-likeness (QED) is 0.0788. The number of aromatic nitrogens is 1. The van der Waals surface area contributed by atoms with Crippen LogP contribution in [0, 0.1) is 6.92 Å². The summed E-state index contributed by atoms with van der Waals surface area (Å²) in [4.78, 5) is 57.9. The predicted molar refractivity (Wildman–Crippen MR) is 262 cm³/mol. The van der Waals surface area contributed by atoms with Gasteiger partial charge in [-0.25, -0.2) is 0 Å². The number of hydrogen-bond donors (Lipinski definition) is 4. The summed E-state index contributed by atoms with van der Waals surface area (Å²) in [5.74, 6) is -0.332. The summed E-state index contributed by atoms with van der Waals surface area (Å²) in [7, 11) is 8.54. The Balaban J connectivity index is 0.000000244. The van der Waals surface area contributed by atoms with Gasteiger partial charge in [-0.15, -0.1) is 0 Å². The zero-order valence-corrected chi connectivity index (χ0v) is 40.4. The molecule has 0 saturated heterocycles. The Labute approximate surface area is 396 Å².